The zero-order chi connectivity index (χ0) is 15.4. The zero-order valence-electron chi connectivity index (χ0n) is 13.2. The van der Waals surface area contributed by atoms with Gasteiger partial charge in [0.05, 0.1) is 5.69 Å². The van der Waals surface area contributed by atoms with E-state index in [1.54, 1.807) is 0 Å². The van der Waals surface area contributed by atoms with Crippen molar-refractivity contribution in [2.75, 3.05) is 0 Å². The molecule has 0 atom stereocenters. The van der Waals surface area contributed by atoms with E-state index in [1.807, 2.05) is 24.4 Å². The number of pyridine rings is 1. The van der Waals surface area contributed by atoms with E-state index >= 15 is 0 Å². The molecule has 1 nitrogen and oxygen atoms in total. The minimum Gasteiger partial charge on any atom is -0.256 e. The van der Waals surface area contributed by atoms with E-state index in [-0.39, 0.29) is 0 Å². The summed E-state index contributed by atoms with van der Waals surface area (Å²) in [5, 5.41) is 0. The van der Waals surface area contributed by atoms with Crippen molar-refractivity contribution < 1.29 is 0 Å². The van der Waals surface area contributed by atoms with Crippen molar-refractivity contribution in [1.82, 2.24) is 4.98 Å². The Morgan fingerprint density at radius 3 is 2.23 bits per heavy atom. The van der Waals surface area contributed by atoms with E-state index in [0.717, 1.165) is 17.7 Å². The van der Waals surface area contributed by atoms with E-state index in [2.05, 4.69) is 67.4 Å². The molecule has 0 amide bonds. The third-order valence-corrected chi connectivity index (χ3v) is 3.74. The molecule has 0 fully saturated rings. The quantitative estimate of drug-likeness (QED) is 0.607. The second-order valence-corrected chi connectivity index (χ2v) is 6.10. The summed E-state index contributed by atoms with van der Waals surface area (Å²) in [5.41, 5.74) is 5.97. The molecule has 0 aliphatic heterocycles. The van der Waals surface area contributed by atoms with E-state index in [1.165, 1.54) is 16.7 Å². The van der Waals surface area contributed by atoms with Crippen molar-refractivity contribution in [2.24, 2.45) is 5.92 Å². The third kappa shape index (κ3) is 3.43. The predicted molar refractivity (Wildman–Crippen MR) is 93.7 cm³/mol. The van der Waals surface area contributed by atoms with E-state index in [0.29, 0.717) is 5.92 Å². The monoisotopic (exact) mass is 287 g/mol. The summed E-state index contributed by atoms with van der Waals surface area (Å²) >= 11 is 0. The molecule has 2 aromatic carbocycles. The molecular formula is C21H21N. The fraction of sp³-hybridized carbons (Fsp3) is 0.190. The molecule has 0 aliphatic rings. The van der Waals surface area contributed by atoms with Gasteiger partial charge in [0.15, 0.2) is 0 Å². The molecule has 0 unspecified atom stereocenters. The fourth-order valence-corrected chi connectivity index (χ4v) is 2.69. The maximum atomic E-state index is 4.62. The zero-order valence-corrected chi connectivity index (χ0v) is 13.2. The molecule has 110 valence electrons. The maximum absolute atomic E-state index is 4.62. The minimum absolute atomic E-state index is 0.675. The van der Waals surface area contributed by atoms with Gasteiger partial charge in [0.25, 0.3) is 0 Å². The maximum Gasteiger partial charge on any atom is 0.0702 e. The molecular weight excluding hydrogens is 266 g/mol. The van der Waals surface area contributed by atoms with Gasteiger partial charge in [-0.1, -0.05) is 74.5 Å². The summed E-state index contributed by atoms with van der Waals surface area (Å²) in [6.45, 7) is 4.51. The highest BCUT2D eigenvalue weighted by Crippen LogP contribution is 2.24. The Hall–Kier alpha value is -2.41. The summed E-state index contributed by atoms with van der Waals surface area (Å²) < 4.78 is 0. The molecule has 0 radical (unpaired) electrons. The number of hydrogen-bond acceptors (Lipinski definition) is 1. The lowest BCUT2D eigenvalue weighted by molar-refractivity contribution is 0.647. The van der Waals surface area contributed by atoms with Crippen LogP contribution in [0.4, 0.5) is 0 Å². The summed E-state index contributed by atoms with van der Waals surface area (Å²) in [4.78, 5) is 4.62. The first-order chi connectivity index (χ1) is 10.7. The summed E-state index contributed by atoms with van der Waals surface area (Å²) in [6, 6.07) is 23.3. The van der Waals surface area contributed by atoms with Crippen molar-refractivity contribution in [3.05, 3.63) is 78.5 Å². The van der Waals surface area contributed by atoms with Crippen LogP contribution in [-0.4, -0.2) is 4.98 Å². The molecule has 1 heterocycles. The Labute approximate surface area is 132 Å². The molecule has 1 aromatic heterocycles. The average molecular weight is 287 g/mol. The van der Waals surface area contributed by atoms with Crippen LogP contribution in [0.3, 0.4) is 0 Å². The van der Waals surface area contributed by atoms with Crippen LogP contribution in [0.5, 0.6) is 0 Å². The second kappa shape index (κ2) is 6.57. The van der Waals surface area contributed by atoms with Gasteiger partial charge in [0.1, 0.15) is 0 Å². The fourth-order valence-electron chi connectivity index (χ4n) is 2.69. The van der Waals surface area contributed by atoms with Gasteiger partial charge >= 0.3 is 0 Å². The smallest absolute Gasteiger partial charge is 0.0702 e. The molecule has 1 heteroatoms. The first kappa shape index (κ1) is 14.5. The standard InChI is InChI=1S/C21H21N/c1-16(2)13-17-7-6-10-19(14-17)20-11-12-21(22-15-20)18-8-4-3-5-9-18/h3-12,14-16H,13H2,1-2H3. The van der Waals surface area contributed by atoms with Crippen LogP contribution in [0.25, 0.3) is 22.4 Å². The summed E-state index contributed by atoms with van der Waals surface area (Å²) in [6.07, 6.45) is 3.08. The molecule has 0 spiro atoms. The molecule has 3 aromatic rings. The van der Waals surface area contributed by atoms with E-state index in [4.69, 9.17) is 0 Å². The molecule has 0 saturated carbocycles. The number of aromatic nitrogens is 1. The van der Waals surface area contributed by atoms with Gasteiger partial charge in [-0.05, 0) is 29.5 Å². The number of hydrogen-bond donors (Lipinski definition) is 0. The number of rotatable bonds is 4. The van der Waals surface area contributed by atoms with Crippen LogP contribution in [0.1, 0.15) is 19.4 Å². The van der Waals surface area contributed by atoms with Crippen molar-refractivity contribution in [2.45, 2.75) is 20.3 Å². The van der Waals surface area contributed by atoms with E-state index < -0.39 is 0 Å². The summed E-state index contributed by atoms with van der Waals surface area (Å²) in [5.74, 6) is 0.675. The number of nitrogens with zero attached hydrogens (tertiary/aromatic N) is 1. The molecule has 0 bridgehead atoms. The van der Waals surface area contributed by atoms with E-state index in [9.17, 15) is 0 Å². The van der Waals surface area contributed by atoms with Crippen LogP contribution in [0, 0.1) is 5.92 Å². The Kier molecular flexibility index (Phi) is 4.34. The van der Waals surface area contributed by atoms with Crippen molar-refractivity contribution in [1.29, 1.82) is 0 Å². The largest absolute Gasteiger partial charge is 0.256 e. The SMILES string of the molecule is CC(C)Cc1cccc(-c2ccc(-c3ccccc3)nc2)c1. The second-order valence-electron chi connectivity index (χ2n) is 6.10. The van der Waals surface area contributed by atoms with Crippen LogP contribution < -0.4 is 0 Å². The lowest BCUT2D eigenvalue weighted by Gasteiger charge is -2.08. The highest BCUT2D eigenvalue weighted by atomic mass is 14.7. The van der Waals surface area contributed by atoms with Crippen molar-refractivity contribution >= 4 is 0 Å². The third-order valence-electron chi connectivity index (χ3n) is 3.74. The lowest BCUT2D eigenvalue weighted by atomic mass is 9.98. The summed E-state index contributed by atoms with van der Waals surface area (Å²) in [7, 11) is 0. The first-order valence-electron chi connectivity index (χ1n) is 7.83. The van der Waals surface area contributed by atoms with Gasteiger partial charge < -0.3 is 0 Å². The van der Waals surface area contributed by atoms with Crippen LogP contribution in [0.2, 0.25) is 0 Å². The first-order valence-corrected chi connectivity index (χ1v) is 7.83. The Bertz CT molecular complexity index is 727. The molecule has 22 heavy (non-hydrogen) atoms. The molecule has 0 N–H and O–H groups in total. The highest BCUT2D eigenvalue weighted by molar-refractivity contribution is 5.67. The topological polar surface area (TPSA) is 12.9 Å². The van der Waals surface area contributed by atoms with Gasteiger partial charge in [-0.15, -0.1) is 0 Å². The van der Waals surface area contributed by atoms with Crippen LogP contribution in [0.15, 0.2) is 72.9 Å². The van der Waals surface area contributed by atoms with Gasteiger partial charge in [-0.2, -0.15) is 0 Å². The Morgan fingerprint density at radius 1 is 0.773 bits per heavy atom. The van der Waals surface area contributed by atoms with Crippen molar-refractivity contribution in [3.63, 3.8) is 0 Å². The highest BCUT2D eigenvalue weighted by Gasteiger charge is 2.03. The van der Waals surface area contributed by atoms with Crippen LogP contribution >= 0.6 is 0 Å². The molecule has 0 aliphatic carbocycles. The van der Waals surface area contributed by atoms with Gasteiger partial charge in [0.2, 0.25) is 0 Å². The normalized spacial score (nSPS) is 10.9. The van der Waals surface area contributed by atoms with Gasteiger partial charge in [-0.3, -0.25) is 4.98 Å². The minimum atomic E-state index is 0.675. The van der Waals surface area contributed by atoms with Crippen molar-refractivity contribution in [3.8, 4) is 22.4 Å². The molecule has 3 rings (SSSR count). The predicted octanol–water partition coefficient (Wildman–Crippen LogP) is 5.61. The average Bonchev–Trinajstić information content (AvgIpc) is 2.55. The Balaban J connectivity index is 1.87. The van der Waals surface area contributed by atoms with Gasteiger partial charge in [0, 0.05) is 17.3 Å². The lowest BCUT2D eigenvalue weighted by Crippen LogP contribution is -1.94. The van der Waals surface area contributed by atoms with Crippen LogP contribution in [-0.2, 0) is 6.42 Å². The molecule has 0 saturated heterocycles. The van der Waals surface area contributed by atoms with Gasteiger partial charge in [-0.25, -0.2) is 0 Å². The number of benzene rings is 2. The Morgan fingerprint density at radius 2 is 1.55 bits per heavy atom.